The van der Waals surface area contributed by atoms with Crippen LogP contribution in [0.4, 0.5) is 11.4 Å². The number of carbonyl (C=O) groups is 4. The fourth-order valence-corrected chi connectivity index (χ4v) is 6.64. The van der Waals surface area contributed by atoms with Gasteiger partial charge in [-0.15, -0.1) is 11.3 Å². The standard InChI is InChI=1S/C38H34N4O8S/c1-47-26-16-14-25(15-17-26)39-37(45)34(24-18-30(48-2)36(50-4)31(19-24)49-3)42(20-32-40-28(22-51-32)23-10-6-5-7-11-23)33(43)21-41-29-13-9-8-12-27(29)35(44)38(41)46/h5-19,22,34H,20-21H2,1-4H3,(H,39,45)/t34-/m0/s1. The van der Waals surface area contributed by atoms with E-state index in [-0.39, 0.29) is 23.6 Å². The van der Waals surface area contributed by atoms with E-state index < -0.39 is 36.1 Å². The third-order valence-electron chi connectivity index (χ3n) is 8.34. The smallest absolute Gasteiger partial charge is 0.299 e. The van der Waals surface area contributed by atoms with Crippen LogP contribution in [0, 0.1) is 0 Å². The minimum Gasteiger partial charge on any atom is -0.497 e. The number of ether oxygens (including phenoxy) is 4. The molecule has 13 heteroatoms. The Morgan fingerprint density at radius 3 is 2.16 bits per heavy atom. The summed E-state index contributed by atoms with van der Waals surface area (Å²) in [7, 11) is 5.90. The van der Waals surface area contributed by atoms with E-state index in [0.717, 1.165) is 10.5 Å². The zero-order chi connectivity index (χ0) is 36.1. The Labute approximate surface area is 298 Å². The first-order valence-corrected chi connectivity index (χ1v) is 16.6. The molecule has 0 fully saturated rings. The molecular formula is C38H34N4O8S. The van der Waals surface area contributed by atoms with E-state index in [1.165, 1.54) is 44.7 Å². The summed E-state index contributed by atoms with van der Waals surface area (Å²) in [5.41, 5.74) is 2.87. The molecule has 0 saturated carbocycles. The highest BCUT2D eigenvalue weighted by atomic mass is 32.1. The molecule has 1 aliphatic rings. The molecule has 4 aromatic carbocycles. The van der Waals surface area contributed by atoms with Crippen LogP contribution in [0.3, 0.4) is 0 Å². The third kappa shape index (κ3) is 7.10. The van der Waals surface area contributed by atoms with Crippen molar-refractivity contribution >= 4 is 46.2 Å². The van der Waals surface area contributed by atoms with Gasteiger partial charge in [0.05, 0.1) is 51.9 Å². The molecule has 51 heavy (non-hydrogen) atoms. The zero-order valence-corrected chi connectivity index (χ0v) is 29.1. The largest absolute Gasteiger partial charge is 0.497 e. The van der Waals surface area contributed by atoms with E-state index in [1.54, 1.807) is 60.7 Å². The SMILES string of the molecule is COc1ccc(NC(=O)[C@H](c2cc(OC)c(OC)c(OC)c2)N(Cc2nc(-c3ccccc3)cs2)C(=O)CN2C(=O)C(=O)c3ccccc32)cc1. The number of ketones is 1. The van der Waals surface area contributed by atoms with Gasteiger partial charge >= 0.3 is 0 Å². The molecule has 0 aliphatic carbocycles. The van der Waals surface area contributed by atoms with Gasteiger partial charge in [0.25, 0.3) is 17.6 Å². The molecule has 1 aromatic heterocycles. The van der Waals surface area contributed by atoms with Crippen LogP contribution in [0.15, 0.2) is 96.4 Å². The number of carbonyl (C=O) groups excluding carboxylic acids is 4. The summed E-state index contributed by atoms with van der Waals surface area (Å²) in [5.74, 6) is -1.34. The van der Waals surface area contributed by atoms with Crippen molar-refractivity contribution in [3.8, 4) is 34.3 Å². The van der Waals surface area contributed by atoms with E-state index >= 15 is 0 Å². The highest BCUT2D eigenvalue weighted by molar-refractivity contribution is 7.09. The molecule has 2 heterocycles. The monoisotopic (exact) mass is 706 g/mol. The number of para-hydroxylation sites is 1. The molecule has 6 rings (SSSR count). The Balaban J connectivity index is 1.47. The van der Waals surface area contributed by atoms with Crippen LogP contribution < -0.4 is 29.2 Å². The lowest BCUT2D eigenvalue weighted by molar-refractivity contribution is -0.139. The number of fused-ring (bicyclic) bond motifs is 1. The predicted octanol–water partition coefficient (Wildman–Crippen LogP) is 5.78. The van der Waals surface area contributed by atoms with Gasteiger partial charge in [-0.2, -0.15) is 0 Å². The summed E-state index contributed by atoms with van der Waals surface area (Å²) in [4.78, 5) is 62.5. The van der Waals surface area contributed by atoms with Gasteiger partial charge in [0.2, 0.25) is 11.7 Å². The van der Waals surface area contributed by atoms with Gasteiger partial charge in [-0.3, -0.25) is 24.1 Å². The second-order valence-electron chi connectivity index (χ2n) is 11.3. The quantitative estimate of drug-likeness (QED) is 0.151. The molecule has 1 atom stereocenters. The van der Waals surface area contributed by atoms with E-state index in [9.17, 15) is 19.2 Å². The average molecular weight is 707 g/mol. The Kier molecular flexibility index (Phi) is 10.3. The van der Waals surface area contributed by atoms with Gasteiger partial charge in [0.1, 0.15) is 23.3 Å². The van der Waals surface area contributed by atoms with E-state index in [2.05, 4.69) is 5.32 Å². The average Bonchev–Trinajstić information content (AvgIpc) is 3.73. The lowest BCUT2D eigenvalue weighted by Crippen LogP contribution is -2.46. The van der Waals surface area contributed by atoms with Crippen LogP contribution in [0.5, 0.6) is 23.0 Å². The Bertz CT molecular complexity index is 2060. The van der Waals surface area contributed by atoms with Crippen molar-refractivity contribution in [3.05, 3.63) is 113 Å². The van der Waals surface area contributed by atoms with Crippen molar-refractivity contribution in [3.63, 3.8) is 0 Å². The van der Waals surface area contributed by atoms with Crippen LogP contribution in [0.25, 0.3) is 11.3 Å². The van der Waals surface area contributed by atoms with Crippen LogP contribution in [-0.4, -0.2) is 68.4 Å². The van der Waals surface area contributed by atoms with Crippen LogP contribution >= 0.6 is 11.3 Å². The van der Waals surface area contributed by atoms with E-state index in [4.69, 9.17) is 23.9 Å². The first kappa shape index (κ1) is 34.6. The second kappa shape index (κ2) is 15.1. The number of hydrogen-bond acceptors (Lipinski definition) is 10. The highest BCUT2D eigenvalue weighted by Gasteiger charge is 2.40. The van der Waals surface area contributed by atoms with Crippen molar-refractivity contribution in [1.82, 2.24) is 9.88 Å². The molecule has 5 aromatic rings. The predicted molar refractivity (Wildman–Crippen MR) is 192 cm³/mol. The molecule has 3 amide bonds. The number of Topliss-reactive ketones (excluding diaryl/α,β-unsaturated/α-hetero) is 1. The number of thiazole rings is 1. The second-order valence-corrected chi connectivity index (χ2v) is 12.3. The number of nitrogens with one attached hydrogen (secondary N) is 1. The molecule has 260 valence electrons. The number of nitrogens with zero attached hydrogens (tertiary/aromatic N) is 3. The van der Waals surface area contributed by atoms with Crippen LogP contribution in [0.2, 0.25) is 0 Å². The molecule has 0 bridgehead atoms. The van der Waals surface area contributed by atoms with Gasteiger partial charge < -0.3 is 29.2 Å². The van der Waals surface area contributed by atoms with Crippen molar-refractivity contribution in [1.29, 1.82) is 0 Å². The lowest BCUT2D eigenvalue weighted by Gasteiger charge is -2.32. The molecule has 0 spiro atoms. The summed E-state index contributed by atoms with van der Waals surface area (Å²) >= 11 is 1.32. The molecule has 0 unspecified atom stereocenters. The maximum atomic E-state index is 14.6. The number of aromatic nitrogens is 1. The van der Waals surface area contributed by atoms with Crippen molar-refractivity contribution in [2.24, 2.45) is 0 Å². The molecular weight excluding hydrogens is 673 g/mol. The molecule has 0 radical (unpaired) electrons. The maximum Gasteiger partial charge on any atom is 0.299 e. The maximum absolute atomic E-state index is 14.6. The van der Waals surface area contributed by atoms with Crippen LogP contribution in [-0.2, 0) is 20.9 Å². The Hall–Kier alpha value is -6.21. The first-order valence-electron chi connectivity index (χ1n) is 15.8. The lowest BCUT2D eigenvalue weighted by atomic mass is 10.0. The zero-order valence-electron chi connectivity index (χ0n) is 28.2. The molecule has 0 saturated heterocycles. The summed E-state index contributed by atoms with van der Waals surface area (Å²) < 4.78 is 22.1. The first-order chi connectivity index (χ1) is 24.8. The number of methoxy groups -OCH3 is 4. The van der Waals surface area contributed by atoms with Crippen LogP contribution in [0.1, 0.15) is 27.0 Å². The summed E-state index contributed by atoms with van der Waals surface area (Å²) in [6.45, 7) is -0.638. The summed E-state index contributed by atoms with van der Waals surface area (Å²) in [6.07, 6.45) is 0. The van der Waals surface area contributed by atoms with E-state index in [1.807, 2.05) is 35.7 Å². The van der Waals surface area contributed by atoms with Crippen molar-refractivity contribution < 1.29 is 38.1 Å². The molecule has 1 aliphatic heterocycles. The highest BCUT2D eigenvalue weighted by Crippen LogP contribution is 2.42. The number of hydrogen-bond donors (Lipinski definition) is 1. The van der Waals surface area contributed by atoms with Gasteiger partial charge in [-0.05, 0) is 54.1 Å². The normalized spacial score (nSPS) is 12.6. The Morgan fingerprint density at radius 1 is 0.843 bits per heavy atom. The number of benzene rings is 4. The number of amides is 3. The third-order valence-corrected chi connectivity index (χ3v) is 9.17. The minimum absolute atomic E-state index is 0.120. The molecule has 12 nitrogen and oxygen atoms in total. The number of rotatable bonds is 13. The number of anilines is 2. The van der Waals surface area contributed by atoms with Crippen molar-refractivity contribution in [2.45, 2.75) is 12.6 Å². The minimum atomic E-state index is -1.32. The summed E-state index contributed by atoms with van der Waals surface area (Å²) in [5, 5.41) is 5.32. The van der Waals surface area contributed by atoms with E-state index in [0.29, 0.717) is 39.1 Å². The van der Waals surface area contributed by atoms with Gasteiger partial charge in [0, 0.05) is 16.6 Å². The molecule has 1 N–H and O–H groups in total. The van der Waals surface area contributed by atoms with Gasteiger partial charge in [0.15, 0.2) is 11.5 Å². The summed E-state index contributed by atoms with van der Waals surface area (Å²) in [6, 6.07) is 24.7. The fourth-order valence-electron chi connectivity index (χ4n) is 5.84. The topological polar surface area (TPSA) is 137 Å². The van der Waals surface area contributed by atoms with Gasteiger partial charge in [-0.25, -0.2) is 4.98 Å². The van der Waals surface area contributed by atoms with Crippen molar-refractivity contribution in [2.75, 3.05) is 45.2 Å². The van der Waals surface area contributed by atoms with Gasteiger partial charge in [-0.1, -0.05) is 42.5 Å². The fraction of sp³-hybridized carbons (Fsp3) is 0.184. The Morgan fingerprint density at radius 2 is 1.51 bits per heavy atom.